The second kappa shape index (κ2) is 4.97. The van der Waals surface area contributed by atoms with Crippen molar-refractivity contribution in [3.63, 3.8) is 0 Å². The zero-order valence-electron chi connectivity index (χ0n) is 10.4. The van der Waals surface area contributed by atoms with Crippen molar-refractivity contribution in [1.82, 2.24) is 0 Å². The molecular weight excluding hydrogens is 245 g/mol. The van der Waals surface area contributed by atoms with Gasteiger partial charge in [-0.25, -0.2) is 4.39 Å². The SMILES string of the molecule is Cc1cccc(Nc2ccc(C(N)=O)cc2N)c1F. The molecule has 0 unspecified atom stereocenters. The van der Waals surface area contributed by atoms with Crippen LogP contribution in [0.5, 0.6) is 0 Å². The number of amides is 1. The van der Waals surface area contributed by atoms with E-state index in [0.717, 1.165) is 0 Å². The lowest BCUT2D eigenvalue weighted by Crippen LogP contribution is -2.11. The number of carbonyl (C=O) groups is 1. The van der Waals surface area contributed by atoms with Crippen molar-refractivity contribution in [1.29, 1.82) is 0 Å². The van der Waals surface area contributed by atoms with E-state index < -0.39 is 5.91 Å². The molecule has 0 bridgehead atoms. The zero-order valence-corrected chi connectivity index (χ0v) is 10.4. The van der Waals surface area contributed by atoms with Crippen molar-refractivity contribution in [3.8, 4) is 0 Å². The Labute approximate surface area is 110 Å². The number of halogens is 1. The number of benzene rings is 2. The van der Waals surface area contributed by atoms with E-state index >= 15 is 0 Å². The van der Waals surface area contributed by atoms with Crippen LogP contribution in [0.1, 0.15) is 15.9 Å². The van der Waals surface area contributed by atoms with E-state index in [1.807, 2.05) is 0 Å². The van der Waals surface area contributed by atoms with E-state index in [9.17, 15) is 9.18 Å². The fourth-order valence-electron chi connectivity index (χ4n) is 1.72. The number of hydrogen-bond donors (Lipinski definition) is 3. The van der Waals surface area contributed by atoms with Crippen molar-refractivity contribution in [2.45, 2.75) is 6.92 Å². The van der Waals surface area contributed by atoms with Crippen LogP contribution >= 0.6 is 0 Å². The first-order valence-electron chi connectivity index (χ1n) is 5.70. The second-order valence-electron chi connectivity index (χ2n) is 4.23. The number of nitrogens with one attached hydrogen (secondary N) is 1. The average Bonchev–Trinajstić information content (AvgIpc) is 2.37. The Kier molecular flexibility index (Phi) is 3.37. The molecule has 0 radical (unpaired) electrons. The third-order valence-corrected chi connectivity index (χ3v) is 2.80. The molecule has 98 valence electrons. The van der Waals surface area contributed by atoms with Gasteiger partial charge < -0.3 is 16.8 Å². The molecule has 5 N–H and O–H groups in total. The number of aryl methyl sites for hydroxylation is 1. The molecule has 0 spiro atoms. The van der Waals surface area contributed by atoms with Gasteiger partial charge in [-0.3, -0.25) is 4.79 Å². The van der Waals surface area contributed by atoms with Gasteiger partial charge in [-0.2, -0.15) is 0 Å². The molecule has 2 aromatic carbocycles. The fourth-order valence-corrected chi connectivity index (χ4v) is 1.72. The monoisotopic (exact) mass is 259 g/mol. The van der Waals surface area contributed by atoms with Crippen molar-refractivity contribution in [3.05, 3.63) is 53.3 Å². The van der Waals surface area contributed by atoms with E-state index in [0.29, 0.717) is 28.2 Å². The average molecular weight is 259 g/mol. The summed E-state index contributed by atoms with van der Waals surface area (Å²) in [6, 6.07) is 9.63. The van der Waals surface area contributed by atoms with E-state index in [4.69, 9.17) is 11.5 Å². The minimum absolute atomic E-state index is 0.313. The van der Waals surface area contributed by atoms with Crippen LogP contribution < -0.4 is 16.8 Å². The number of nitrogens with two attached hydrogens (primary N) is 2. The maximum Gasteiger partial charge on any atom is 0.248 e. The summed E-state index contributed by atoms with van der Waals surface area (Å²) in [7, 11) is 0. The van der Waals surface area contributed by atoms with Gasteiger partial charge in [-0.15, -0.1) is 0 Å². The van der Waals surface area contributed by atoms with E-state index in [2.05, 4.69) is 5.32 Å². The Hall–Kier alpha value is -2.56. The van der Waals surface area contributed by atoms with Gasteiger partial charge in [0.25, 0.3) is 0 Å². The Morgan fingerprint density at radius 3 is 2.58 bits per heavy atom. The van der Waals surface area contributed by atoms with Gasteiger partial charge in [-0.05, 0) is 36.8 Å². The highest BCUT2D eigenvalue weighted by Crippen LogP contribution is 2.26. The van der Waals surface area contributed by atoms with Gasteiger partial charge in [0, 0.05) is 5.56 Å². The summed E-state index contributed by atoms with van der Waals surface area (Å²) in [5, 5.41) is 2.90. The molecule has 0 aromatic heterocycles. The normalized spacial score (nSPS) is 10.2. The molecule has 19 heavy (non-hydrogen) atoms. The van der Waals surface area contributed by atoms with Crippen LogP contribution in [0.15, 0.2) is 36.4 Å². The maximum atomic E-state index is 13.8. The highest BCUT2D eigenvalue weighted by atomic mass is 19.1. The first kappa shape index (κ1) is 12.9. The molecular formula is C14H14FN3O. The van der Waals surface area contributed by atoms with E-state index in [1.165, 1.54) is 12.1 Å². The number of primary amides is 1. The van der Waals surface area contributed by atoms with Gasteiger partial charge in [0.1, 0.15) is 5.82 Å². The Bertz CT molecular complexity index is 641. The first-order valence-corrected chi connectivity index (χ1v) is 5.70. The van der Waals surface area contributed by atoms with Crippen LogP contribution in [0, 0.1) is 12.7 Å². The molecule has 0 saturated carbocycles. The summed E-state index contributed by atoms with van der Waals surface area (Å²) >= 11 is 0. The molecule has 5 heteroatoms. The topological polar surface area (TPSA) is 81.1 Å². The van der Waals surface area contributed by atoms with Gasteiger partial charge in [0.2, 0.25) is 5.91 Å². The molecule has 0 aliphatic carbocycles. The van der Waals surface area contributed by atoms with Gasteiger partial charge in [-0.1, -0.05) is 12.1 Å². The van der Waals surface area contributed by atoms with E-state index in [-0.39, 0.29) is 5.82 Å². The highest BCUT2D eigenvalue weighted by Gasteiger charge is 2.08. The molecule has 2 rings (SSSR count). The van der Waals surface area contributed by atoms with Crippen molar-refractivity contribution in [2.24, 2.45) is 5.73 Å². The third kappa shape index (κ3) is 2.65. The van der Waals surface area contributed by atoms with Crippen LogP contribution in [-0.4, -0.2) is 5.91 Å². The summed E-state index contributed by atoms with van der Waals surface area (Å²) in [4.78, 5) is 11.0. The van der Waals surface area contributed by atoms with E-state index in [1.54, 1.807) is 31.2 Å². The predicted molar refractivity (Wildman–Crippen MR) is 73.8 cm³/mol. The molecule has 4 nitrogen and oxygen atoms in total. The lowest BCUT2D eigenvalue weighted by molar-refractivity contribution is 0.100. The maximum absolute atomic E-state index is 13.8. The Morgan fingerprint density at radius 1 is 1.21 bits per heavy atom. The quantitative estimate of drug-likeness (QED) is 0.741. The Balaban J connectivity index is 2.34. The Morgan fingerprint density at radius 2 is 1.95 bits per heavy atom. The zero-order chi connectivity index (χ0) is 14.0. The second-order valence-corrected chi connectivity index (χ2v) is 4.23. The molecule has 0 fully saturated rings. The fraction of sp³-hybridized carbons (Fsp3) is 0.0714. The highest BCUT2D eigenvalue weighted by molar-refractivity contribution is 5.95. The predicted octanol–water partition coefficient (Wildman–Crippen LogP) is 2.56. The number of nitrogen functional groups attached to an aromatic ring is 1. The lowest BCUT2D eigenvalue weighted by atomic mass is 10.1. The molecule has 0 aliphatic heterocycles. The summed E-state index contributed by atoms with van der Waals surface area (Å²) in [6.45, 7) is 1.68. The van der Waals surface area contributed by atoms with Crippen LogP contribution in [0.25, 0.3) is 0 Å². The van der Waals surface area contributed by atoms with Gasteiger partial charge >= 0.3 is 0 Å². The molecule has 0 heterocycles. The molecule has 2 aromatic rings. The summed E-state index contributed by atoms with van der Waals surface area (Å²) < 4.78 is 13.8. The molecule has 0 aliphatic rings. The summed E-state index contributed by atoms with van der Waals surface area (Å²) in [6.07, 6.45) is 0. The minimum Gasteiger partial charge on any atom is -0.397 e. The standard InChI is InChI=1S/C14H14FN3O/c1-8-3-2-4-12(13(8)15)18-11-6-5-9(14(17)19)7-10(11)16/h2-7,18H,16H2,1H3,(H2,17,19). The van der Waals surface area contributed by atoms with Gasteiger partial charge in [0.15, 0.2) is 0 Å². The first-order chi connectivity index (χ1) is 8.99. The smallest absolute Gasteiger partial charge is 0.248 e. The summed E-state index contributed by atoms with van der Waals surface area (Å²) in [5.41, 5.74) is 13.0. The number of hydrogen-bond acceptors (Lipinski definition) is 3. The molecule has 0 saturated heterocycles. The third-order valence-electron chi connectivity index (χ3n) is 2.80. The number of carbonyl (C=O) groups excluding carboxylic acids is 1. The van der Waals surface area contributed by atoms with Crippen molar-refractivity contribution < 1.29 is 9.18 Å². The summed E-state index contributed by atoms with van der Waals surface area (Å²) in [5.74, 6) is -0.888. The van der Waals surface area contributed by atoms with Crippen molar-refractivity contribution >= 4 is 23.0 Å². The van der Waals surface area contributed by atoms with Crippen molar-refractivity contribution in [2.75, 3.05) is 11.1 Å². The molecule has 0 atom stereocenters. The van der Waals surface area contributed by atoms with Crippen LogP contribution in [-0.2, 0) is 0 Å². The number of anilines is 3. The largest absolute Gasteiger partial charge is 0.397 e. The lowest BCUT2D eigenvalue weighted by Gasteiger charge is -2.11. The van der Waals surface area contributed by atoms with Gasteiger partial charge in [0.05, 0.1) is 17.1 Å². The van der Waals surface area contributed by atoms with Crippen LogP contribution in [0.2, 0.25) is 0 Å². The molecule has 1 amide bonds. The van der Waals surface area contributed by atoms with Crippen LogP contribution in [0.3, 0.4) is 0 Å². The van der Waals surface area contributed by atoms with Crippen LogP contribution in [0.4, 0.5) is 21.5 Å². The minimum atomic E-state index is -0.556. The number of rotatable bonds is 3.